The quantitative estimate of drug-likeness (QED) is 0.485. The number of hydrogen-bond acceptors (Lipinski definition) is 2. The summed E-state index contributed by atoms with van der Waals surface area (Å²) in [5.41, 5.74) is 2.66. The second-order valence-electron chi connectivity index (χ2n) is 5.70. The third-order valence-corrected chi connectivity index (χ3v) is 3.66. The van der Waals surface area contributed by atoms with Gasteiger partial charge in [-0.3, -0.25) is 0 Å². The summed E-state index contributed by atoms with van der Waals surface area (Å²) in [6, 6.07) is 10.7. The summed E-state index contributed by atoms with van der Waals surface area (Å²) >= 11 is 0. The van der Waals surface area contributed by atoms with Gasteiger partial charge in [0.1, 0.15) is 11.6 Å². The van der Waals surface area contributed by atoms with Crippen LogP contribution in [0.1, 0.15) is 48.9 Å². The summed E-state index contributed by atoms with van der Waals surface area (Å²) in [5.74, 6) is -1.22. The Balaban J connectivity index is 2.05. The molecule has 0 aliphatic carbocycles. The number of halogens is 2. The van der Waals surface area contributed by atoms with Gasteiger partial charge in [0.15, 0.2) is 0 Å². The highest BCUT2D eigenvalue weighted by molar-refractivity contribution is 5.83. The Bertz CT molecular complexity index is 696. The number of rotatable bonds is 7. The molecule has 0 heterocycles. The molecule has 0 unspecified atom stereocenters. The van der Waals surface area contributed by atoms with Gasteiger partial charge in [0.2, 0.25) is 0 Å². The number of nitrogens with zero attached hydrogens (tertiary/aromatic N) is 2. The molecule has 0 spiro atoms. The number of benzene rings is 2. The summed E-state index contributed by atoms with van der Waals surface area (Å²) < 4.78 is 27.8. The van der Waals surface area contributed by atoms with Gasteiger partial charge in [-0.05, 0) is 41.7 Å². The zero-order valence-corrected chi connectivity index (χ0v) is 14.1. The van der Waals surface area contributed by atoms with Crippen LogP contribution < -0.4 is 0 Å². The number of hydrogen-bond donors (Lipinski definition) is 0. The van der Waals surface area contributed by atoms with Crippen molar-refractivity contribution in [1.29, 1.82) is 0 Å². The third kappa shape index (κ3) is 5.08. The molecule has 0 radical (unpaired) electrons. The maximum atomic E-state index is 13.9. The molecule has 0 N–H and O–H groups in total. The van der Waals surface area contributed by atoms with Gasteiger partial charge >= 0.3 is 0 Å². The predicted octanol–water partition coefficient (Wildman–Crippen LogP) is 5.32. The summed E-state index contributed by atoms with van der Waals surface area (Å²) in [4.78, 5) is 0. The van der Waals surface area contributed by atoms with Crippen molar-refractivity contribution < 1.29 is 8.78 Å². The Labute approximate surface area is 141 Å². The maximum absolute atomic E-state index is 13.9. The minimum absolute atomic E-state index is 0.162. The molecule has 0 aliphatic heterocycles. The van der Waals surface area contributed by atoms with Gasteiger partial charge in [0.25, 0.3) is 0 Å². The van der Waals surface area contributed by atoms with Gasteiger partial charge in [0, 0.05) is 0 Å². The molecular formula is C20H22F2N2. The fourth-order valence-corrected chi connectivity index (χ4v) is 2.44. The van der Waals surface area contributed by atoms with Crippen LogP contribution in [0.15, 0.2) is 46.6 Å². The van der Waals surface area contributed by atoms with E-state index in [1.54, 1.807) is 6.21 Å². The molecular weight excluding hydrogens is 306 g/mol. The van der Waals surface area contributed by atoms with Crippen molar-refractivity contribution in [3.8, 4) is 0 Å². The van der Waals surface area contributed by atoms with Crippen LogP contribution in [0.4, 0.5) is 8.78 Å². The zero-order chi connectivity index (χ0) is 17.4. The topological polar surface area (TPSA) is 24.7 Å². The van der Waals surface area contributed by atoms with Crippen molar-refractivity contribution >= 4 is 12.4 Å². The number of aryl methyl sites for hydroxylation is 2. The monoisotopic (exact) mass is 328 g/mol. The largest absolute Gasteiger partial charge is 0.206 e. The lowest BCUT2D eigenvalue weighted by molar-refractivity contribution is 0.576. The van der Waals surface area contributed by atoms with E-state index in [4.69, 9.17) is 0 Å². The SMILES string of the molecule is CCCc1ccc(/C=N/N=C/c2c(F)cc(CCC)cc2F)cc1. The second-order valence-corrected chi connectivity index (χ2v) is 5.70. The summed E-state index contributed by atoms with van der Waals surface area (Å²) in [6.07, 6.45) is 6.31. The van der Waals surface area contributed by atoms with Crippen LogP contribution >= 0.6 is 0 Å². The molecule has 0 aliphatic rings. The van der Waals surface area contributed by atoms with Crippen molar-refractivity contribution in [2.75, 3.05) is 0 Å². The van der Waals surface area contributed by atoms with E-state index in [0.29, 0.717) is 12.0 Å². The lowest BCUT2D eigenvalue weighted by atomic mass is 10.1. The molecule has 2 rings (SSSR count). The van der Waals surface area contributed by atoms with E-state index in [1.165, 1.54) is 17.7 Å². The minimum Gasteiger partial charge on any atom is -0.206 e. The van der Waals surface area contributed by atoms with E-state index < -0.39 is 11.6 Å². The van der Waals surface area contributed by atoms with E-state index in [9.17, 15) is 8.78 Å². The van der Waals surface area contributed by atoms with Crippen LogP contribution in [0.2, 0.25) is 0 Å². The normalized spacial score (nSPS) is 11.7. The van der Waals surface area contributed by atoms with Gasteiger partial charge in [0.05, 0.1) is 18.0 Å². The lowest BCUT2D eigenvalue weighted by Crippen LogP contribution is -1.97. The van der Waals surface area contributed by atoms with Crippen molar-refractivity contribution in [3.63, 3.8) is 0 Å². The van der Waals surface area contributed by atoms with Gasteiger partial charge in [-0.2, -0.15) is 10.2 Å². The highest BCUT2D eigenvalue weighted by Gasteiger charge is 2.08. The molecule has 126 valence electrons. The summed E-state index contributed by atoms with van der Waals surface area (Å²) in [6.45, 7) is 4.10. The van der Waals surface area contributed by atoms with Crippen LogP contribution in [-0.2, 0) is 12.8 Å². The first-order chi connectivity index (χ1) is 11.6. The summed E-state index contributed by atoms with van der Waals surface area (Å²) in [7, 11) is 0. The lowest BCUT2D eigenvalue weighted by Gasteiger charge is -2.03. The maximum Gasteiger partial charge on any atom is 0.135 e. The Morgan fingerprint density at radius 1 is 0.792 bits per heavy atom. The van der Waals surface area contributed by atoms with Gasteiger partial charge in [-0.1, -0.05) is 51.0 Å². The average Bonchev–Trinajstić information content (AvgIpc) is 2.55. The Morgan fingerprint density at radius 3 is 1.92 bits per heavy atom. The van der Waals surface area contributed by atoms with Crippen LogP contribution in [-0.4, -0.2) is 12.4 Å². The first-order valence-electron chi connectivity index (χ1n) is 8.27. The molecule has 24 heavy (non-hydrogen) atoms. The molecule has 0 amide bonds. The van der Waals surface area contributed by atoms with Crippen molar-refractivity contribution in [1.82, 2.24) is 0 Å². The first kappa shape index (κ1) is 18.0. The van der Waals surface area contributed by atoms with Crippen molar-refractivity contribution in [2.24, 2.45) is 10.2 Å². The van der Waals surface area contributed by atoms with E-state index in [1.807, 2.05) is 31.2 Å². The molecule has 0 aromatic heterocycles. The standard InChI is InChI=1S/C20H22F2N2/c1-3-5-15-7-9-16(10-8-15)13-23-24-14-18-19(21)11-17(6-4-2)12-20(18)22/h7-14H,3-6H2,1-2H3/b23-13+,24-14+. The minimum atomic E-state index is -0.610. The Hall–Kier alpha value is -2.36. The zero-order valence-electron chi connectivity index (χ0n) is 14.1. The van der Waals surface area contributed by atoms with Crippen molar-refractivity contribution in [2.45, 2.75) is 39.5 Å². The smallest absolute Gasteiger partial charge is 0.135 e. The molecule has 0 fully saturated rings. The molecule has 0 saturated carbocycles. The third-order valence-electron chi connectivity index (χ3n) is 3.66. The van der Waals surface area contributed by atoms with Crippen LogP contribution in [0.25, 0.3) is 0 Å². The molecule has 2 nitrogen and oxygen atoms in total. The highest BCUT2D eigenvalue weighted by atomic mass is 19.1. The Kier molecular flexibility index (Phi) is 6.79. The molecule has 0 saturated heterocycles. The van der Waals surface area contributed by atoms with E-state index in [2.05, 4.69) is 17.1 Å². The molecule has 2 aromatic carbocycles. The van der Waals surface area contributed by atoms with Gasteiger partial charge in [-0.25, -0.2) is 8.78 Å². The second kappa shape index (κ2) is 9.06. The van der Waals surface area contributed by atoms with Crippen LogP contribution in [0.3, 0.4) is 0 Å². The van der Waals surface area contributed by atoms with Crippen molar-refractivity contribution in [3.05, 3.63) is 70.3 Å². The molecule has 4 heteroatoms. The van der Waals surface area contributed by atoms with Gasteiger partial charge in [-0.15, -0.1) is 0 Å². The fraction of sp³-hybridized carbons (Fsp3) is 0.300. The molecule has 2 aromatic rings. The fourth-order valence-electron chi connectivity index (χ4n) is 2.44. The average molecular weight is 328 g/mol. The highest BCUT2D eigenvalue weighted by Crippen LogP contribution is 2.15. The molecule has 0 atom stereocenters. The van der Waals surface area contributed by atoms with E-state index >= 15 is 0 Å². The predicted molar refractivity (Wildman–Crippen MR) is 96.0 cm³/mol. The van der Waals surface area contributed by atoms with Crippen LogP contribution in [0, 0.1) is 11.6 Å². The van der Waals surface area contributed by atoms with Gasteiger partial charge < -0.3 is 0 Å². The summed E-state index contributed by atoms with van der Waals surface area (Å²) in [5, 5.41) is 7.62. The van der Waals surface area contributed by atoms with Crippen LogP contribution in [0.5, 0.6) is 0 Å². The first-order valence-corrected chi connectivity index (χ1v) is 8.27. The Morgan fingerprint density at radius 2 is 1.33 bits per heavy atom. The molecule has 0 bridgehead atoms. The van der Waals surface area contributed by atoms with E-state index in [0.717, 1.165) is 31.0 Å². The van der Waals surface area contributed by atoms with E-state index in [-0.39, 0.29) is 5.56 Å².